The molecule has 1 saturated heterocycles. The second-order valence-corrected chi connectivity index (χ2v) is 4.66. The number of urea groups is 1. The van der Waals surface area contributed by atoms with Crippen molar-refractivity contribution in [2.24, 2.45) is 5.10 Å². The molecule has 1 fully saturated rings. The summed E-state index contributed by atoms with van der Waals surface area (Å²) < 4.78 is 5.53. The number of carbonyl (C=O) groups excluding carboxylic acids is 2. The number of carbonyl (C=O) groups is 2. The Kier molecular flexibility index (Phi) is 5.50. The van der Waals surface area contributed by atoms with E-state index in [9.17, 15) is 19.7 Å². The number of non-ortho nitro benzene ring substituents is 1. The first kappa shape index (κ1) is 17.9. The molecule has 1 aromatic carbocycles. The molecule has 0 radical (unpaired) electrons. The van der Waals surface area contributed by atoms with E-state index in [1.807, 2.05) is 0 Å². The fraction of sp³-hybridized carbons (Fsp3) is 0.0714. The first-order valence-electron chi connectivity index (χ1n) is 6.53. The zero-order valence-corrected chi connectivity index (χ0v) is 11.6. The van der Waals surface area contributed by atoms with Crippen molar-refractivity contribution >= 4 is 53.4 Å². The van der Waals surface area contributed by atoms with Gasteiger partial charge in [-0.1, -0.05) is 0 Å². The fourth-order valence-corrected chi connectivity index (χ4v) is 1.98. The number of imide groups is 1. The van der Waals surface area contributed by atoms with Crippen molar-refractivity contribution in [3.63, 3.8) is 0 Å². The van der Waals surface area contributed by atoms with Gasteiger partial charge in [0.15, 0.2) is 0 Å². The third kappa shape index (κ3) is 3.88. The van der Waals surface area contributed by atoms with Gasteiger partial charge in [-0.2, -0.15) is 5.10 Å². The quantitative estimate of drug-likeness (QED) is 0.294. The number of benzene rings is 1. The molecule has 0 unspecified atom stereocenters. The molecule has 0 spiro atoms. The Hall–Kier alpha value is -2.49. The summed E-state index contributed by atoms with van der Waals surface area (Å²) in [5, 5.41) is 17.6. The Labute approximate surface area is 157 Å². The van der Waals surface area contributed by atoms with Crippen molar-refractivity contribution < 1.29 is 18.9 Å². The number of nitro groups is 1. The molecule has 1 aromatic heterocycles. The number of furan rings is 1. The Balaban J connectivity index is 0.00000208. The van der Waals surface area contributed by atoms with Crippen LogP contribution >= 0.6 is 0 Å². The van der Waals surface area contributed by atoms with Gasteiger partial charge >= 0.3 is 35.6 Å². The van der Waals surface area contributed by atoms with Crippen molar-refractivity contribution in [2.75, 3.05) is 6.54 Å². The van der Waals surface area contributed by atoms with Crippen molar-refractivity contribution in [1.29, 1.82) is 0 Å². The van der Waals surface area contributed by atoms with Gasteiger partial charge in [-0.05, 0) is 24.3 Å². The van der Waals surface area contributed by atoms with E-state index in [1.165, 1.54) is 18.3 Å². The van der Waals surface area contributed by atoms with Crippen molar-refractivity contribution in [2.45, 2.75) is 0 Å². The molecule has 1 N–H and O–H groups in total. The number of hydrazone groups is 1. The van der Waals surface area contributed by atoms with Crippen LogP contribution in [-0.4, -0.2) is 64.2 Å². The van der Waals surface area contributed by atoms with Gasteiger partial charge in [-0.25, -0.2) is 9.80 Å². The van der Waals surface area contributed by atoms with E-state index in [4.69, 9.17) is 4.42 Å². The Morgan fingerprint density at radius 2 is 1.92 bits per heavy atom. The van der Waals surface area contributed by atoms with Crippen molar-refractivity contribution in [3.05, 3.63) is 52.3 Å². The van der Waals surface area contributed by atoms with Crippen LogP contribution in [0.5, 0.6) is 0 Å². The van der Waals surface area contributed by atoms with Gasteiger partial charge in [0, 0.05) is 17.7 Å². The van der Waals surface area contributed by atoms with Crippen LogP contribution in [0, 0.1) is 10.1 Å². The summed E-state index contributed by atoms with van der Waals surface area (Å²) in [7, 11) is 0. The molecular formula is C14H11N4NaO5. The summed E-state index contributed by atoms with van der Waals surface area (Å²) in [6.45, 7) is -0.134. The van der Waals surface area contributed by atoms with Crippen LogP contribution < -0.4 is 5.32 Å². The van der Waals surface area contributed by atoms with Gasteiger partial charge in [0.1, 0.15) is 18.1 Å². The van der Waals surface area contributed by atoms with E-state index in [0.29, 0.717) is 17.1 Å². The maximum absolute atomic E-state index is 11.3. The topological polar surface area (TPSA) is 118 Å². The molecule has 3 rings (SSSR count). The summed E-state index contributed by atoms with van der Waals surface area (Å²) in [6.07, 6.45) is 1.31. The molecule has 2 heterocycles. The minimum absolute atomic E-state index is 0. The standard InChI is InChI=1S/C14H10N4O5.Na.H/c19-13-8-17(14(20)16-13)15-7-11-5-6-12(23-11)9-1-3-10(4-2-9)18(21)22;;/h1-7H,8H2,(H,16,19,20);;/b15-7+;;. The molecule has 24 heavy (non-hydrogen) atoms. The molecule has 3 amide bonds. The number of nitrogens with zero attached hydrogens (tertiary/aromatic N) is 3. The Morgan fingerprint density at radius 3 is 2.50 bits per heavy atom. The molecule has 118 valence electrons. The number of rotatable bonds is 4. The summed E-state index contributed by atoms with van der Waals surface area (Å²) in [5.41, 5.74) is 0.663. The number of nitro benzene ring substituents is 1. The first-order valence-corrected chi connectivity index (χ1v) is 6.53. The Morgan fingerprint density at radius 1 is 1.21 bits per heavy atom. The molecule has 1 aliphatic heterocycles. The van der Waals surface area contributed by atoms with Gasteiger partial charge in [0.25, 0.3) is 5.69 Å². The Bertz CT molecular complexity index is 815. The fourth-order valence-electron chi connectivity index (χ4n) is 1.98. The third-order valence-electron chi connectivity index (χ3n) is 3.09. The number of hydrogen-bond acceptors (Lipinski definition) is 6. The molecule has 0 aliphatic carbocycles. The van der Waals surface area contributed by atoms with E-state index in [0.717, 1.165) is 5.01 Å². The van der Waals surface area contributed by atoms with Crippen LogP contribution in [0.1, 0.15) is 5.76 Å². The van der Waals surface area contributed by atoms with Gasteiger partial charge in [-0.15, -0.1) is 0 Å². The van der Waals surface area contributed by atoms with E-state index < -0.39 is 16.9 Å². The van der Waals surface area contributed by atoms with E-state index in [1.54, 1.807) is 24.3 Å². The van der Waals surface area contributed by atoms with Crippen molar-refractivity contribution in [3.8, 4) is 11.3 Å². The van der Waals surface area contributed by atoms with Gasteiger partial charge in [0.05, 0.1) is 11.1 Å². The predicted molar refractivity (Wildman–Crippen MR) is 85.8 cm³/mol. The number of amides is 3. The predicted octanol–water partition coefficient (Wildman–Crippen LogP) is 1.09. The SMILES string of the molecule is O=C1CN(/N=C/c2ccc(-c3ccc([N+](=O)[O-])cc3)o2)C(=O)N1.[NaH]. The summed E-state index contributed by atoms with van der Waals surface area (Å²) in [4.78, 5) is 32.5. The number of hydrogen-bond donors (Lipinski definition) is 1. The van der Waals surface area contributed by atoms with Crippen LogP contribution in [0.15, 0.2) is 45.9 Å². The average Bonchev–Trinajstić information content (AvgIpc) is 3.11. The van der Waals surface area contributed by atoms with Gasteiger partial charge < -0.3 is 4.42 Å². The molecule has 9 nitrogen and oxygen atoms in total. The zero-order chi connectivity index (χ0) is 16.4. The molecule has 2 aromatic rings. The van der Waals surface area contributed by atoms with Crippen LogP contribution in [0.3, 0.4) is 0 Å². The minimum atomic E-state index is -0.589. The van der Waals surface area contributed by atoms with E-state index >= 15 is 0 Å². The molecule has 0 atom stereocenters. The molecule has 0 saturated carbocycles. The normalized spacial score (nSPS) is 13.9. The van der Waals surface area contributed by atoms with Gasteiger partial charge in [0.2, 0.25) is 5.91 Å². The van der Waals surface area contributed by atoms with Crippen LogP contribution in [-0.2, 0) is 4.79 Å². The maximum atomic E-state index is 11.3. The summed E-state index contributed by atoms with van der Waals surface area (Å²) in [5.74, 6) is 0.465. The monoisotopic (exact) mass is 338 g/mol. The van der Waals surface area contributed by atoms with Crippen LogP contribution in [0.2, 0.25) is 0 Å². The molecular weight excluding hydrogens is 327 g/mol. The van der Waals surface area contributed by atoms with E-state index in [2.05, 4.69) is 10.4 Å². The molecule has 1 aliphatic rings. The third-order valence-corrected chi connectivity index (χ3v) is 3.09. The summed E-state index contributed by atoms with van der Waals surface area (Å²) in [6, 6.07) is 8.63. The first-order chi connectivity index (χ1) is 11.0. The van der Waals surface area contributed by atoms with E-state index in [-0.39, 0.29) is 41.8 Å². The second kappa shape index (κ2) is 7.39. The van der Waals surface area contributed by atoms with Crippen LogP contribution in [0.25, 0.3) is 11.3 Å². The molecule has 0 bridgehead atoms. The van der Waals surface area contributed by atoms with Crippen molar-refractivity contribution in [1.82, 2.24) is 10.3 Å². The van der Waals surface area contributed by atoms with Gasteiger partial charge in [-0.3, -0.25) is 20.2 Å². The zero-order valence-electron chi connectivity index (χ0n) is 11.6. The average molecular weight is 338 g/mol. The molecule has 10 heteroatoms. The summed E-state index contributed by atoms with van der Waals surface area (Å²) >= 11 is 0. The second-order valence-electron chi connectivity index (χ2n) is 4.66. The van der Waals surface area contributed by atoms with Crippen LogP contribution in [0.4, 0.5) is 10.5 Å². The number of nitrogens with one attached hydrogen (secondary N) is 1.